The number of amides is 1. The van der Waals surface area contributed by atoms with E-state index in [1.165, 1.54) is 6.07 Å². The van der Waals surface area contributed by atoms with Crippen LogP contribution in [0.4, 0.5) is 0 Å². The van der Waals surface area contributed by atoms with Gasteiger partial charge in [0.2, 0.25) is 0 Å². The van der Waals surface area contributed by atoms with Crippen LogP contribution in [0.5, 0.6) is 5.75 Å². The van der Waals surface area contributed by atoms with Crippen molar-refractivity contribution < 1.29 is 19.4 Å². The van der Waals surface area contributed by atoms with Crippen LogP contribution in [0.1, 0.15) is 22.0 Å². The number of aliphatic hydroxyl groups is 1. The Bertz CT molecular complexity index is 640. The molecule has 3 N–H and O–H groups in total. The first kappa shape index (κ1) is 14.7. The van der Waals surface area contributed by atoms with Crippen LogP contribution in [0.25, 0.3) is 0 Å². The first-order valence-corrected chi connectivity index (χ1v) is 6.37. The number of ketones is 1. The van der Waals surface area contributed by atoms with Crippen LogP contribution in [0, 0.1) is 0 Å². The Hall–Kier alpha value is -2.66. The van der Waals surface area contributed by atoms with Gasteiger partial charge in [0.1, 0.15) is 11.9 Å². The molecule has 0 aromatic heterocycles. The number of nitrogens with two attached hydrogens (primary N) is 1. The summed E-state index contributed by atoms with van der Waals surface area (Å²) < 4.78 is 5.20. The SMILES string of the molecule is NC(=O)COc1ccccc1C(=O)C(O)c1ccccc1. The predicted molar refractivity (Wildman–Crippen MR) is 76.9 cm³/mol. The molecule has 2 rings (SSSR count). The molecule has 1 atom stereocenters. The van der Waals surface area contributed by atoms with Gasteiger partial charge in [-0.2, -0.15) is 0 Å². The molecule has 2 aromatic carbocycles. The molecular weight excluding hydrogens is 270 g/mol. The van der Waals surface area contributed by atoms with Gasteiger partial charge in [0.05, 0.1) is 5.56 Å². The van der Waals surface area contributed by atoms with E-state index < -0.39 is 17.8 Å². The third kappa shape index (κ3) is 3.67. The maximum Gasteiger partial charge on any atom is 0.255 e. The number of rotatable bonds is 6. The topological polar surface area (TPSA) is 89.6 Å². The Kier molecular flexibility index (Phi) is 4.68. The molecule has 21 heavy (non-hydrogen) atoms. The molecule has 0 aliphatic carbocycles. The molecule has 0 saturated heterocycles. The molecule has 1 unspecified atom stereocenters. The number of hydrogen-bond donors (Lipinski definition) is 2. The smallest absolute Gasteiger partial charge is 0.255 e. The van der Waals surface area contributed by atoms with Gasteiger partial charge < -0.3 is 15.6 Å². The summed E-state index contributed by atoms with van der Waals surface area (Å²) in [5.74, 6) is -0.918. The summed E-state index contributed by atoms with van der Waals surface area (Å²) in [6.45, 7) is -0.328. The van der Waals surface area contributed by atoms with Crippen LogP contribution in [0.3, 0.4) is 0 Å². The van der Waals surface area contributed by atoms with Crippen molar-refractivity contribution in [1.29, 1.82) is 0 Å². The number of carbonyl (C=O) groups excluding carboxylic acids is 2. The molecule has 0 heterocycles. The lowest BCUT2D eigenvalue weighted by Crippen LogP contribution is -2.21. The zero-order valence-electron chi connectivity index (χ0n) is 11.2. The van der Waals surface area contributed by atoms with Gasteiger partial charge in [-0.15, -0.1) is 0 Å². The van der Waals surface area contributed by atoms with Gasteiger partial charge in [-0.3, -0.25) is 9.59 Å². The fourth-order valence-electron chi connectivity index (χ4n) is 1.88. The van der Waals surface area contributed by atoms with E-state index in [0.717, 1.165) is 0 Å². The van der Waals surface area contributed by atoms with Crippen LogP contribution >= 0.6 is 0 Å². The van der Waals surface area contributed by atoms with Crippen LogP contribution in [-0.4, -0.2) is 23.4 Å². The number of ether oxygens (including phenoxy) is 1. The zero-order valence-corrected chi connectivity index (χ0v) is 11.2. The Morgan fingerprint density at radius 2 is 1.67 bits per heavy atom. The van der Waals surface area contributed by atoms with Crippen LogP contribution in [0.2, 0.25) is 0 Å². The minimum atomic E-state index is -1.29. The first-order chi connectivity index (χ1) is 10.1. The second-order valence-corrected chi connectivity index (χ2v) is 4.43. The Balaban J connectivity index is 2.25. The lowest BCUT2D eigenvalue weighted by Gasteiger charge is -2.13. The first-order valence-electron chi connectivity index (χ1n) is 6.37. The fraction of sp³-hybridized carbons (Fsp3) is 0.125. The zero-order chi connectivity index (χ0) is 15.2. The Labute approximate surface area is 122 Å². The molecule has 0 radical (unpaired) electrons. The second-order valence-electron chi connectivity index (χ2n) is 4.43. The minimum Gasteiger partial charge on any atom is -0.483 e. The molecule has 2 aromatic rings. The lowest BCUT2D eigenvalue weighted by molar-refractivity contribution is -0.119. The molecule has 0 bridgehead atoms. The highest BCUT2D eigenvalue weighted by Gasteiger charge is 2.22. The summed E-state index contributed by atoms with van der Waals surface area (Å²) in [5.41, 5.74) is 5.72. The number of benzene rings is 2. The molecule has 0 aliphatic heterocycles. The van der Waals surface area contributed by atoms with E-state index in [9.17, 15) is 14.7 Å². The molecule has 0 aliphatic rings. The van der Waals surface area contributed by atoms with Crippen molar-refractivity contribution in [3.8, 4) is 5.75 Å². The Morgan fingerprint density at radius 1 is 1.05 bits per heavy atom. The van der Waals surface area contributed by atoms with E-state index in [0.29, 0.717) is 5.56 Å². The largest absolute Gasteiger partial charge is 0.483 e. The number of carbonyl (C=O) groups is 2. The standard InChI is InChI=1S/C16H15NO4/c17-14(18)10-21-13-9-5-4-8-12(13)16(20)15(19)11-6-2-1-3-7-11/h1-9,15,19H,10H2,(H2,17,18). The number of primary amides is 1. The lowest BCUT2D eigenvalue weighted by atomic mass is 9.99. The van der Waals surface area contributed by atoms with E-state index in [-0.39, 0.29) is 17.9 Å². The van der Waals surface area contributed by atoms with Gasteiger partial charge in [0, 0.05) is 0 Å². The van der Waals surface area contributed by atoms with Crippen molar-refractivity contribution in [2.45, 2.75) is 6.10 Å². The van der Waals surface area contributed by atoms with Crippen molar-refractivity contribution >= 4 is 11.7 Å². The summed E-state index contributed by atoms with van der Waals surface area (Å²) in [4.78, 5) is 23.1. The normalized spacial score (nSPS) is 11.7. The molecule has 1 amide bonds. The van der Waals surface area contributed by atoms with Crippen LogP contribution < -0.4 is 10.5 Å². The molecule has 5 nitrogen and oxygen atoms in total. The fourth-order valence-corrected chi connectivity index (χ4v) is 1.88. The van der Waals surface area contributed by atoms with E-state index >= 15 is 0 Å². The monoisotopic (exact) mass is 285 g/mol. The second kappa shape index (κ2) is 6.67. The van der Waals surface area contributed by atoms with Gasteiger partial charge >= 0.3 is 0 Å². The van der Waals surface area contributed by atoms with Gasteiger partial charge in [0.25, 0.3) is 5.91 Å². The van der Waals surface area contributed by atoms with Gasteiger partial charge in [-0.1, -0.05) is 42.5 Å². The van der Waals surface area contributed by atoms with Crippen molar-refractivity contribution in [1.82, 2.24) is 0 Å². The van der Waals surface area contributed by atoms with Crippen molar-refractivity contribution in [2.75, 3.05) is 6.61 Å². The molecule has 108 valence electrons. The molecule has 5 heteroatoms. The number of Topliss-reactive ketones (excluding diaryl/α,β-unsaturated/α-hetero) is 1. The minimum absolute atomic E-state index is 0.204. The number of para-hydroxylation sites is 1. The van der Waals surface area contributed by atoms with Crippen molar-refractivity contribution in [3.63, 3.8) is 0 Å². The number of aliphatic hydroxyl groups excluding tert-OH is 1. The summed E-state index contributed by atoms with van der Waals surface area (Å²) in [6.07, 6.45) is -1.29. The quantitative estimate of drug-likeness (QED) is 0.786. The van der Waals surface area contributed by atoms with Gasteiger partial charge in [-0.05, 0) is 17.7 Å². The van der Waals surface area contributed by atoms with E-state index in [2.05, 4.69) is 0 Å². The third-order valence-corrected chi connectivity index (χ3v) is 2.89. The highest BCUT2D eigenvalue weighted by atomic mass is 16.5. The highest BCUT2D eigenvalue weighted by Crippen LogP contribution is 2.25. The molecule has 0 fully saturated rings. The summed E-state index contributed by atoms with van der Waals surface area (Å²) in [6, 6.07) is 15.0. The maximum atomic E-state index is 12.4. The van der Waals surface area contributed by atoms with Crippen LogP contribution in [-0.2, 0) is 4.79 Å². The summed E-state index contributed by atoms with van der Waals surface area (Å²) in [5, 5.41) is 10.1. The number of hydrogen-bond acceptors (Lipinski definition) is 4. The van der Waals surface area contributed by atoms with Crippen molar-refractivity contribution in [3.05, 3.63) is 65.7 Å². The molecular formula is C16H15NO4. The average molecular weight is 285 g/mol. The summed E-state index contributed by atoms with van der Waals surface area (Å²) >= 11 is 0. The average Bonchev–Trinajstić information content (AvgIpc) is 2.52. The van der Waals surface area contributed by atoms with Gasteiger partial charge in [-0.25, -0.2) is 0 Å². The van der Waals surface area contributed by atoms with Crippen molar-refractivity contribution in [2.24, 2.45) is 5.73 Å². The van der Waals surface area contributed by atoms with E-state index in [1.807, 2.05) is 0 Å². The predicted octanol–water partition coefficient (Wildman–Crippen LogP) is 1.47. The van der Waals surface area contributed by atoms with Crippen LogP contribution in [0.15, 0.2) is 54.6 Å². The molecule has 0 saturated carbocycles. The van der Waals surface area contributed by atoms with E-state index in [4.69, 9.17) is 10.5 Å². The summed E-state index contributed by atoms with van der Waals surface area (Å²) in [7, 11) is 0. The Morgan fingerprint density at radius 3 is 2.33 bits per heavy atom. The maximum absolute atomic E-state index is 12.4. The molecule has 0 spiro atoms. The highest BCUT2D eigenvalue weighted by molar-refractivity contribution is 6.02. The van der Waals surface area contributed by atoms with E-state index in [1.54, 1.807) is 48.5 Å². The third-order valence-electron chi connectivity index (χ3n) is 2.89. The van der Waals surface area contributed by atoms with Gasteiger partial charge in [0.15, 0.2) is 12.4 Å².